The molecule has 7 nitrogen and oxygen atoms in total. The highest BCUT2D eigenvalue weighted by molar-refractivity contribution is 5.88. The van der Waals surface area contributed by atoms with Crippen molar-refractivity contribution in [3.8, 4) is 22.6 Å². The Bertz CT molecular complexity index is 1430. The Morgan fingerprint density at radius 3 is 2.28 bits per heavy atom. The molecule has 0 amide bonds. The van der Waals surface area contributed by atoms with Crippen molar-refractivity contribution in [1.29, 1.82) is 0 Å². The van der Waals surface area contributed by atoms with E-state index in [4.69, 9.17) is 4.98 Å². The van der Waals surface area contributed by atoms with Gasteiger partial charge in [-0.25, -0.2) is 4.98 Å². The Labute approximate surface area is 164 Å². The largest absolute Gasteiger partial charge is 0.319 e. The number of imidazole rings is 1. The van der Waals surface area contributed by atoms with Gasteiger partial charge in [0.1, 0.15) is 17.0 Å². The van der Waals surface area contributed by atoms with Crippen LogP contribution in [0.15, 0.2) is 83.7 Å². The molecule has 0 aliphatic heterocycles. The third-order valence-electron chi connectivity index (χ3n) is 4.87. The highest BCUT2D eigenvalue weighted by Crippen LogP contribution is 2.31. The van der Waals surface area contributed by atoms with Gasteiger partial charge in [0.25, 0.3) is 11.2 Å². The van der Waals surface area contributed by atoms with E-state index in [-0.39, 0.29) is 11.2 Å². The maximum absolute atomic E-state index is 13.0. The minimum atomic E-state index is -0.442. The second-order valence-electron chi connectivity index (χ2n) is 6.61. The average Bonchev–Trinajstić information content (AvgIpc) is 3.16. The molecule has 0 bridgehead atoms. The van der Waals surface area contributed by atoms with Gasteiger partial charge in [-0.05, 0) is 24.3 Å². The van der Waals surface area contributed by atoms with Crippen LogP contribution >= 0.6 is 0 Å². The summed E-state index contributed by atoms with van der Waals surface area (Å²) in [6.45, 7) is 0. The van der Waals surface area contributed by atoms with Gasteiger partial charge < -0.3 is 4.98 Å². The van der Waals surface area contributed by atoms with Gasteiger partial charge in [0.05, 0.1) is 16.0 Å². The Morgan fingerprint density at radius 1 is 0.862 bits per heavy atom. The summed E-state index contributed by atoms with van der Waals surface area (Å²) in [5.41, 5.74) is 3.73. The number of hydrogen-bond donors (Lipinski definition) is 1. The number of rotatable bonds is 3. The second-order valence-corrected chi connectivity index (χ2v) is 6.61. The molecule has 29 heavy (non-hydrogen) atoms. The lowest BCUT2D eigenvalue weighted by molar-refractivity contribution is -0.384. The Hall–Kier alpha value is -4.26. The minimum Gasteiger partial charge on any atom is -0.319 e. The van der Waals surface area contributed by atoms with Crippen LogP contribution < -0.4 is 5.56 Å². The molecular formula is C22H14N4O3. The summed E-state index contributed by atoms with van der Waals surface area (Å²) in [6, 6.07) is 23.1. The molecule has 0 radical (unpaired) electrons. The molecule has 0 spiro atoms. The highest BCUT2D eigenvalue weighted by atomic mass is 16.6. The first kappa shape index (κ1) is 16.9. The molecule has 0 saturated heterocycles. The van der Waals surface area contributed by atoms with Gasteiger partial charge in [0, 0.05) is 23.3 Å². The van der Waals surface area contributed by atoms with E-state index in [0.29, 0.717) is 28.1 Å². The van der Waals surface area contributed by atoms with Crippen molar-refractivity contribution in [2.45, 2.75) is 0 Å². The van der Waals surface area contributed by atoms with Crippen LogP contribution in [0.2, 0.25) is 0 Å². The zero-order valence-electron chi connectivity index (χ0n) is 15.1. The van der Waals surface area contributed by atoms with Crippen LogP contribution in [0.4, 0.5) is 5.69 Å². The molecule has 0 unspecified atom stereocenters. The number of nitrogens with zero attached hydrogens (tertiary/aromatic N) is 3. The highest BCUT2D eigenvalue weighted by Gasteiger charge is 2.20. The summed E-state index contributed by atoms with van der Waals surface area (Å²) in [5, 5.41) is 11.0. The SMILES string of the molecule is O=c1[nH]c2ccccc2n2c(-c3ccc([N+](=O)[O-])cc3)nc(-c3ccccc3)c12. The first-order valence-corrected chi connectivity index (χ1v) is 8.97. The smallest absolute Gasteiger partial charge is 0.275 e. The van der Waals surface area contributed by atoms with Crippen molar-refractivity contribution in [1.82, 2.24) is 14.4 Å². The van der Waals surface area contributed by atoms with Gasteiger partial charge in [-0.2, -0.15) is 0 Å². The lowest BCUT2D eigenvalue weighted by atomic mass is 10.1. The predicted octanol–water partition coefficient (Wildman–Crippen LogP) is 4.42. The van der Waals surface area contributed by atoms with Gasteiger partial charge in [-0.15, -0.1) is 0 Å². The third kappa shape index (κ3) is 2.68. The molecule has 1 N–H and O–H groups in total. The molecule has 2 aromatic heterocycles. The monoisotopic (exact) mass is 382 g/mol. The van der Waals surface area contributed by atoms with Gasteiger partial charge in [-0.1, -0.05) is 42.5 Å². The molecule has 0 fully saturated rings. The molecule has 140 valence electrons. The summed E-state index contributed by atoms with van der Waals surface area (Å²) in [6.07, 6.45) is 0. The van der Waals surface area contributed by atoms with E-state index in [2.05, 4.69) is 4.98 Å². The summed E-state index contributed by atoms with van der Waals surface area (Å²) >= 11 is 0. The van der Waals surface area contributed by atoms with Crippen LogP contribution in [0.25, 0.3) is 39.2 Å². The van der Waals surface area contributed by atoms with Gasteiger partial charge >= 0.3 is 0 Å². The van der Waals surface area contributed by atoms with Gasteiger partial charge in [-0.3, -0.25) is 19.3 Å². The molecular weight excluding hydrogens is 368 g/mol. The van der Waals surface area contributed by atoms with Crippen molar-refractivity contribution in [2.75, 3.05) is 0 Å². The van der Waals surface area contributed by atoms with E-state index in [1.807, 2.05) is 59.0 Å². The third-order valence-corrected chi connectivity index (χ3v) is 4.87. The molecule has 0 aliphatic carbocycles. The fourth-order valence-corrected chi connectivity index (χ4v) is 3.54. The molecule has 0 atom stereocenters. The molecule has 2 heterocycles. The standard InChI is InChI=1S/C22H14N4O3/c27-22-20-19(14-6-2-1-3-7-14)24-21(15-10-12-16(13-11-15)26(28)29)25(20)18-9-5-4-8-17(18)23-22/h1-13H,(H,23,27). The maximum Gasteiger partial charge on any atom is 0.275 e. The van der Waals surface area contributed by atoms with E-state index in [1.54, 1.807) is 12.1 Å². The lowest BCUT2D eigenvalue weighted by Crippen LogP contribution is -2.11. The van der Waals surface area contributed by atoms with Crippen LogP contribution in [-0.4, -0.2) is 19.3 Å². The van der Waals surface area contributed by atoms with Crippen molar-refractivity contribution in [3.05, 3.63) is 99.3 Å². The van der Waals surface area contributed by atoms with Crippen molar-refractivity contribution >= 4 is 22.2 Å². The van der Waals surface area contributed by atoms with Gasteiger partial charge in [0.15, 0.2) is 0 Å². The molecule has 3 aromatic carbocycles. The zero-order chi connectivity index (χ0) is 20.0. The molecule has 5 aromatic rings. The first-order chi connectivity index (χ1) is 14.1. The van der Waals surface area contributed by atoms with Crippen LogP contribution in [0, 0.1) is 10.1 Å². The lowest BCUT2D eigenvalue weighted by Gasteiger charge is -2.06. The van der Waals surface area contributed by atoms with E-state index in [1.165, 1.54) is 12.1 Å². The van der Waals surface area contributed by atoms with Crippen LogP contribution in [0.5, 0.6) is 0 Å². The van der Waals surface area contributed by atoms with Crippen LogP contribution in [0.3, 0.4) is 0 Å². The van der Waals surface area contributed by atoms with Crippen molar-refractivity contribution < 1.29 is 4.92 Å². The number of benzene rings is 3. The average molecular weight is 382 g/mol. The van der Waals surface area contributed by atoms with E-state index in [9.17, 15) is 14.9 Å². The first-order valence-electron chi connectivity index (χ1n) is 8.97. The number of hydrogen-bond acceptors (Lipinski definition) is 4. The maximum atomic E-state index is 13.0. The fourth-order valence-electron chi connectivity index (χ4n) is 3.54. The summed E-state index contributed by atoms with van der Waals surface area (Å²) in [5.74, 6) is 0.552. The van der Waals surface area contributed by atoms with Crippen LogP contribution in [0.1, 0.15) is 0 Å². The number of fused-ring (bicyclic) bond motifs is 3. The number of aromatic nitrogens is 3. The number of H-pyrrole nitrogens is 1. The fraction of sp³-hybridized carbons (Fsp3) is 0. The van der Waals surface area contributed by atoms with Crippen molar-refractivity contribution in [3.63, 3.8) is 0 Å². The molecule has 7 heteroatoms. The van der Waals surface area contributed by atoms with E-state index >= 15 is 0 Å². The van der Waals surface area contributed by atoms with Crippen molar-refractivity contribution in [2.24, 2.45) is 0 Å². The number of aromatic amines is 1. The second kappa shape index (κ2) is 6.42. The Kier molecular flexibility index (Phi) is 3.74. The van der Waals surface area contributed by atoms with Gasteiger partial charge in [0.2, 0.25) is 0 Å². The summed E-state index contributed by atoms with van der Waals surface area (Å²) in [4.78, 5) is 31.3. The Morgan fingerprint density at radius 2 is 1.55 bits per heavy atom. The molecule has 5 rings (SSSR count). The minimum absolute atomic E-state index is 0.000555. The summed E-state index contributed by atoms with van der Waals surface area (Å²) < 4.78 is 1.82. The molecule has 0 saturated carbocycles. The Balaban J connectivity index is 1.90. The van der Waals surface area contributed by atoms with Crippen LogP contribution in [-0.2, 0) is 0 Å². The predicted molar refractivity (Wildman–Crippen MR) is 111 cm³/mol. The number of nitro benzene ring substituents is 1. The normalized spacial score (nSPS) is 11.2. The zero-order valence-corrected chi connectivity index (χ0v) is 15.1. The topological polar surface area (TPSA) is 93.3 Å². The number of non-ortho nitro benzene ring substituents is 1. The number of nitrogens with one attached hydrogen (secondary N) is 1. The quantitative estimate of drug-likeness (QED) is 0.369. The number of nitro groups is 1. The van der Waals surface area contributed by atoms with E-state index < -0.39 is 4.92 Å². The van der Waals surface area contributed by atoms with E-state index in [0.717, 1.165) is 11.1 Å². The summed E-state index contributed by atoms with van der Waals surface area (Å²) in [7, 11) is 0. The number of para-hydroxylation sites is 2. The molecule has 0 aliphatic rings.